The van der Waals surface area contributed by atoms with Crippen molar-refractivity contribution in [1.29, 1.82) is 0 Å². The number of carbonyl (C=O) groups excluding carboxylic acids is 1. The van der Waals surface area contributed by atoms with E-state index in [2.05, 4.69) is 11.9 Å². The van der Waals surface area contributed by atoms with Crippen LogP contribution in [0.25, 0.3) is 0 Å². The van der Waals surface area contributed by atoms with Gasteiger partial charge in [0, 0.05) is 18.0 Å². The average molecular weight is 412 g/mol. The summed E-state index contributed by atoms with van der Waals surface area (Å²) in [5.74, 6) is 1.53. The van der Waals surface area contributed by atoms with Gasteiger partial charge in [-0.3, -0.25) is 4.79 Å². The van der Waals surface area contributed by atoms with Gasteiger partial charge in [-0.25, -0.2) is 0 Å². The summed E-state index contributed by atoms with van der Waals surface area (Å²) in [4.78, 5) is 12.5. The van der Waals surface area contributed by atoms with Crippen molar-refractivity contribution in [3.8, 4) is 0 Å². The van der Waals surface area contributed by atoms with Crippen LogP contribution in [-0.2, 0) is 19.0 Å². The maximum absolute atomic E-state index is 12.5. The van der Waals surface area contributed by atoms with Crippen molar-refractivity contribution in [2.24, 2.45) is 0 Å². The topological polar surface area (TPSA) is 56.8 Å². The van der Waals surface area contributed by atoms with E-state index < -0.39 is 6.10 Å². The number of halogens is 2. The average Bonchev–Trinajstić information content (AvgIpc) is 3.02. The van der Waals surface area contributed by atoms with Gasteiger partial charge in [0.05, 0.1) is 5.03 Å². The first-order chi connectivity index (χ1) is 12.9. The highest BCUT2D eigenvalue weighted by atomic mass is 35.5. The van der Waals surface area contributed by atoms with E-state index in [1.165, 1.54) is 0 Å². The Morgan fingerprint density at radius 3 is 2.85 bits per heavy atom. The molecule has 1 aliphatic heterocycles. The summed E-state index contributed by atoms with van der Waals surface area (Å²) < 4.78 is 16.5. The van der Waals surface area contributed by atoms with Crippen LogP contribution in [0.1, 0.15) is 26.7 Å². The second kappa shape index (κ2) is 10.3. The van der Waals surface area contributed by atoms with Crippen molar-refractivity contribution in [1.82, 2.24) is 5.32 Å². The van der Waals surface area contributed by atoms with Gasteiger partial charge in [-0.2, -0.15) is 0 Å². The Morgan fingerprint density at radius 2 is 2.15 bits per heavy atom. The second-order valence-electron chi connectivity index (χ2n) is 5.87. The number of hydrogen-bond donors (Lipinski definition) is 1. The van der Waals surface area contributed by atoms with E-state index >= 15 is 0 Å². The van der Waals surface area contributed by atoms with Gasteiger partial charge in [0.15, 0.2) is 17.6 Å². The maximum Gasteiger partial charge on any atom is 0.261 e. The summed E-state index contributed by atoms with van der Waals surface area (Å²) in [6.45, 7) is 8.11. The molecule has 7 heteroatoms. The van der Waals surface area contributed by atoms with E-state index in [1.54, 1.807) is 18.2 Å². The molecule has 1 fully saturated rings. The van der Waals surface area contributed by atoms with Gasteiger partial charge >= 0.3 is 0 Å². The molecule has 146 valence electrons. The van der Waals surface area contributed by atoms with Crippen LogP contribution in [0, 0.1) is 0 Å². The predicted molar refractivity (Wildman–Crippen MR) is 107 cm³/mol. The minimum absolute atomic E-state index is 0.180. The standard InChI is InChI=1S/C20H23Cl2NO4/c1-4-16-19(26-12-25-16)9-13(3)11-23-20(24)17(5-2)27-18-8-6-7-14(21)10-15(18)22/h4,6-7,9-10,17H,3,5,8,11-12H2,1-2H3,(H,23,24). The van der Waals surface area contributed by atoms with E-state index in [-0.39, 0.29) is 19.2 Å². The number of allylic oxidation sites excluding steroid dienone is 6. The quantitative estimate of drug-likeness (QED) is 0.654. The summed E-state index contributed by atoms with van der Waals surface area (Å²) in [6, 6.07) is 0. The lowest BCUT2D eigenvalue weighted by Crippen LogP contribution is -2.36. The van der Waals surface area contributed by atoms with Crippen molar-refractivity contribution in [2.45, 2.75) is 32.8 Å². The minimum Gasteiger partial charge on any atom is -0.483 e. The van der Waals surface area contributed by atoms with Crippen LogP contribution in [-0.4, -0.2) is 25.3 Å². The summed E-state index contributed by atoms with van der Waals surface area (Å²) in [5.41, 5.74) is 0.683. The smallest absolute Gasteiger partial charge is 0.261 e. The monoisotopic (exact) mass is 411 g/mol. The molecule has 0 radical (unpaired) electrons. The highest BCUT2D eigenvalue weighted by Gasteiger charge is 2.21. The third-order valence-electron chi connectivity index (χ3n) is 3.82. The normalized spacial score (nSPS) is 20.7. The first-order valence-electron chi connectivity index (χ1n) is 8.63. The van der Waals surface area contributed by atoms with E-state index in [4.69, 9.17) is 37.4 Å². The van der Waals surface area contributed by atoms with Gasteiger partial charge in [-0.1, -0.05) is 42.8 Å². The fraction of sp³-hybridized carbons (Fsp3) is 0.350. The highest BCUT2D eigenvalue weighted by molar-refractivity contribution is 6.35. The number of rotatable bonds is 7. The molecular formula is C20H23Cl2NO4. The van der Waals surface area contributed by atoms with E-state index in [0.29, 0.717) is 45.8 Å². The molecule has 0 aromatic rings. The maximum atomic E-state index is 12.5. The molecule has 0 bridgehead atoms. The molecule has 5 nitrogen and oxygen atoms in total. The van der Waals surface area contributed by atoms with Crippen LogP contribution in [0.15, 0.2) is 69.9 Å². The van der Waals surface area contributed by atoms with Gasteiger partial charge in [-0.15, -0.1) is 0 Å². The molecule has 0 saturated carbocycles. The Balaban J connectivity index is 1.93. The van der Waals surface area contributed by atoms with Crippen molar-refractivity contribution >= 4 is 29.1 Å². The van der Waals surface area contributed by atoms with Gasteiger partial charge in [0.25, 0.3) is 5.91 Å². The molecule has 2 rings (SSSR count). The van der Waals surface area contributed by atoms with Gasteiger partial charge in [-0.05, 0) is 43.2 Å². The largest absolute Gasteiger partial charge is 0.483 e. The SMILES string of the molecule is C=C(C=C1OCOC1=CC)CNC(=O)C(CC)OC1=C(Cl)C=C(Cl)C=CC1. The van der Waals surface area contributed by atoms with Crippen LogP contribution >= 0.6 is 23.2 Å². The molecule has 2 aliphatic rings. The van der Waals surface area contributed by atoms with Crippen LogP contribution in [0.4, 0.5) is 0 Å². The Labute approximate surface area is 169 Å². The number of ether oxygens (including phenoxy) is 3. The lowest BCUT2D eigenvalue weighted by molar-refractivity contribution is -0.130. The zero-order valence-electron chi connectivity index (χ0n) is 15.4. The van der Waals surface area contributed by atoms with E-state index in [0.717, 1.165) is 0 Å². The Kier molecular flexibility index (Phi) is 8.07. The van der Waals surface area contributed by atoms with E-state index in [9.17, 15) is 4.79 Å². The first-order valence-corrected chi connectivity index (χ1v) is 9.38. The van der Waals surface area contributed by atoms with Gasteiger partial charge in [0.2, 0.25) is 6.79 Å². The molecule has 27 heavy (non-hydrogen) atoms. The number of nitrogens with one attached hydrogen (secondary N) is 1. The number of amides is 1. The van der Waals surface area contributed by atoms with Crippen molar-refractivity contribution < 1.29 is 19.0 Å². The molecule has 0 aromatic heterocycles. The van der Waals surface area contributed by atoms with Crippen LogP contribution in [0.5, 0.6) is 0 Å². The molecule has 1 heterocycles. The third-order valence-corrected chi connectivity index (χ3v) is 4.37. The minimum atomic E-state index is -0.662. The van der Waals surface area contributed by atoms with Crippen molar-refractivity contribution in [3.63, 3.8) is 0 Å². The molecular weight excluding hydrogens is 389 g/mol. The predicted octanol–water partition coefficient (Wildman–Crippen LogP) is 4.78. The van der Waals surface area contributed by atoms with Crippen LogP contribution < -0.4 is 5.32 Å². The second-order valence-corrected chi connectivity index (χ2v) is 6.71. The summed E-state index contributed by atoms with van der Waals surface area (Å²) >= 11 is 12.2. The number of carbonyl (C=O) groups is 1. The lowest BCUT2D eigenvalue weighted by atomic mass is 10.2. The fourth-order valence-corrected chi connectivity index (χ4v) is 2.91. The molecule has 0 aromatic carbocycles. The molecule has 1 unspecified atom stereocenters. The zero-order valence-corrected chi connectivity index (χ0v) is 16.9. The van der Waals surface area contributed by atoms with Crippen molar-refractivity contribution in [2.75, 3.05) is 13.3 Å². The molecule has 1 N–H and O–H groups in total. The molecule has 1 saturated heterocycles. The molecule has 0 spiro atoms. The zero-order chi connectivity index (χ0) is 19.8. The molecule has 1 aliphatic carbocycles. The number of hydrogen-bond acceptors (Lipinski definition) is 4. The first kappa shape index (κ1) is 21.2. The van der Waals surface area contributed by atoms with Crippen molar-refractivity contribution in [3.05, 3.63) is 69.9 Å². The fourth-order valence-electron chi connectivity index (χ4n) is 2.41. The molecule has 1 atom stereocenters. The Morgan fingerprint density at radius 1 is 1.41 bits per heavy atom. The molecule has 1 amide bonds. The lowest BCUT2D eigenvalue weighted by Gasteiger charge is -2.19. The summed E-state index contributed by atoms with van der Waals surface area (Å²) in [7, 11) is 0. The van der Waals surface area contributed by atoms with Crippen LogP contribution in [0.2, 0.25) is 0 Å². The third kappa shape index (κ3) is 6.22. The summed E-state index contributed by atoms with van der Waals surface area (Å²) in [5, 5.41) is 3.72. The Bertz CT molecular complexity index is 747. The van der Waals surface area contributed by atoms with Gasteiger partial charge < -0.3 is 19.5 Å². The van der Waals surface area contributed by atoms with Crippen LogP contribution in [0.3, 0.4) is 0 Å². The van der Waals surface area contributed by atoms with Gasteiger partial charge in [0.1, 0.15) is 5.76 Å². The summed E-state index contributed by atoms with van der Waals surface area (Å²) in [6.07, 6.45) is 9.04. The Hall–Kier alpha value is -2.11. The highest BCUT2D eigenvalue weighted by Crippen LogP contribution is 2.25. The van der Waals surface area contributed by atoms with E-state index in [1.807, 2.05) is 26.0 Å².